The summed E-state index contributed by atoms with van der Waals surface area (Å²) < 4.78 is 13.6. The largest absolute Gasteiger partial charge is 0.481 e. The zero-order chi connectivity index (χ0) is 14.0. The molecular formula is C15H20FNO2. The first-order valence-electron chi connectivity index (χ1n) is 6.68. The maximum Gasteiger partial charge on any atom is 0.314 e. The van der Waals surface area contributed by atoms with Crippen LogP contribution in [0.25, 0.3) is 0 Å². The second kappa shape index (κ2) is 5.19. The monoisotopic (exact) mass is 265 g/mol. The van der Waals surface area contributed by atoms with Crippen LogP contribution in [0.1, 0.15) is 37.7 Å². The number of aliphatic carboxylic acids is 1. The topological polar surface area (TPSA) is 40.5 Å². The third kappa shape index (κ3) is 2.44. The Morgan fingerprint density at radius 3 is 2.42 bits per heavy atom. The Morgan fingerprint density at radius 1 is 1.26 bits per heavy atom. The molecule has 0 bridgehead atoms. The Kier molecular flexibility index (Phi) is 3.78. The molecule has 0 saturated heterocycles. The Balaban J connectivity index is 2.58. The number of carbonyl (C=O) groups is 1. The van der Waals surface area contributed by atoms with E-state index in [4.69, 9.17) is 0 Å². The van der Waals surface area contributed by atoms with Gasteiger partial charge in [-0.25, -0.2) is 4.39 Å². The molecule has 0 heterocycles. The van der Waals surface area contributed by atoms with Crippen LogP contribution in [0.5, 0.6) is 0 Å². The van der Waals surface area contributed by atoms with Crippen LogP contribution in [0.4, 0.5) is 10.1 Å². The lowest BCUT2D eigenvalue weighted by Gasteiger charge is -2.36. The molecule has 0 amide bonds. The molecule has 0 atom stereocenters. The minimum absolute atomic E-state index is 0.369. The van der Waals surface area contributed by atoms with Gasteiger partial charge in [0.2, 0.25) is 0 Å². The quantitative estimate of drug-likeness (QED) is 0.912. The molecule has 1 saturated carbocycles. The molecule has 0 radical (unpaired) electrons. The van der Waals surface area contributed by atoms with E-state index in [0.717, 1.165) is 24.9 Å². The van der Waals surface area contributed by atoms with E-state index in [-0.39, 0.29) is 5.82 Å². The van der Waals surface area contributed by atoms with Gasteiger partial charge in [-0.1, -0.05) is 19.3 Å². The second-order valence-corrected chi connectivity index (χ2v) is 5.50. The van der Waals surface area contributed by atoms with Gasteiger partial charge in [-0.15, -0.1) is 0 Å². The van der Waals surface area contributed by atoms with Gasteiger partial charge in [-0.3, -0.25) is 4.79 Å². The van der Waals surface area contributed by atoms with Crippen molar-refractivity contribution in [2.75, 3.05) is 19.0 Å². The molecule has 1 aliphatic carbocycles. The molecule has 0 spiro atoms. The summed E-state index contributed by atoms with van der Waals surface area (Å²) in [5.41, 5.74) is 0.482. The molecule has 3 nitrogen and oxygen atoms in total. The fraction of sp³-hybridized carbons (Fsp3) is 0.533. The molecule has 0 aromatic heterocycles. The summed E-state index contributed by atoms with van der Waals surface area (Å²) in [5.74, 6) is -1.20. The number of carboxylic acids is 1. The molecule has 1 fully saturated rings. The number of halogens is 1. The Hall–Kier alpha value is -1.58. The number of benzene rings is 1. The Morgan fingerprint density at radius 2 is 1.89 bits per heavy atom. The number of hydrogen-bond donors (Lipinski definition) is 1. The molecule has 1 aromatic rings. The number of anilines is 1. The first kappa shape index (κ1) is 13.8. The second-order valence-electron chi connectivity index (χ2n) is 5.50. The van der Waals surface area contributed by atoms with Crippen molar-refractivity contribution >= 4 is 11.7 Å². The minimum atomic E-state index is -0.931. The van der Waals surface area contributed by atoms with Crippen molar-refractivity contribution in [2.24, 2.45) is 0 Å². The fourth-order valence-corrected chi connectivity index (χ4v) is 3.04. The van der Waals surface area contributed by atoms with Crippen molar-refractivity contribution in [3.8, 4) is 0 Å². The number of hydrogen-bond acceptors (Lipinski definition) is 2. The number of rotatable bonds is 3. The zero-order valence-electron chi connectivity index (χ0n) is 11.4. The van der Waals surface area contributed by atoms with Gasteiger partial charge in [0, 0.05) is 19.8 Å². The van der Waals surface area contributed by atoms with Gasteiger partial charge in [-0.05, 0) is 36.6 Å². The van der Waals surface area contributed by atoms with Crippen molar-refractivity contribution in [2.45, 2.75) is 37.5 Å². The van der Waals surface area contributed by atoms with Crippen LogP contribution in [0.15, 0.2) is 18.2 Å². The number of nitrogens with zero attached hydrogens (tertiary/aromatic N) is 1. The molecule has 2 rings (SSSR count). The highest BCUT2D eigenvalue weighted by molar-refractivity contribution is 5.84. The summed E-state index contributed by atoms with van der Waals surface area (Å²) in [6.07, 6.45) is 4.01. The molecule has 1 aliphatic rings. The average molecular weight is 265 g/mol. The third-order valence-electron chi connectivity index (χ3n) is 4.07. The lowest BCUT2D eigenvalue weighted by atomic mass is 9.69. The van der Waals surface area contributed by atoms with Crippen LogP contribution in [0.3, 0.4) is 0 Å². The Bertz CT molecular complexity index is 479. The predicted molar refractivity (Wildman–Crippen MR) is 73.1 cm³/mol. The fourth-order valence-electron chi connectivity index (χ4n) is 3.04. The highest BCUT2D eigenvalue weighted by Crippen LogP contribution is 2.43. The molecule has 1 aromatic carbocycles. The molecule has 19 heavy (non-hydrogen) atoms. The summed E-state index contributed by atoms with van der Waals surface area (Å²) >= 11 is 0. The predicted octanol–water partition coefficient (Wildman–Crippen LogP) is 3.18. The van der Waals surface area contributed by atoms with Crippen LogP contribution < -0.4 is 4.90 Å². The van der Waals surface area contributed by atoms with E-state index in [1.165, 1.54) is 12.1 Å². The maximum atomic E-state index is 13.6. The van der Waals surface area contributed by atoms with Crippen molar-refractivity contribution in [3.05, 3.63) is 29.6 Å². The third-order valence-corrected chi connectivity index (χ3v) is 4.07. The van der Waals surface area contributed by atoms with Crippen molar-refractivity contribution < 1.29 is 14.3 Å². The molecule has 104 valence electrons. The maximum absolute atomic E-state index is 13.6. The van der Waals surface area contributed by atoms with Gasteiger partial charge in [0.1, 0.15) is 5.82 Å². The van der Waals surface area contributed by atoms with E-state index in [1.807, 2.05) is 19.0 Å². The normalized spacial score (nSPS) is 18.1. The van der Waals surface area contributed by atoms with Crippen LogP contribution in [-0.2, 0) is 10.2 Å². The van der Waals surface area contributed by atoms with E-state index >= 15 is 0 Å². The van der Waals surface area contributed by atoms with E-state index in [0.29, 0.717) is 18.4 Å². The number of carboxylic acid groups (broad SMARTS) is 1. The van der Waals surface area contributed by atoms with Crippen LogP contribution in [0.2, 0.25) is 0 Å². The smallest absolute Gasteiger partial charge is 0.314 e. The molecular weight excluding hydrogens is 245 g/mol. The first-order chi connectivity index (χ1) is 8.97. The lowest BCUT2D eigenvalue weighted by molar-refractivity contribution is -0.145. The van der Waals surface area contributed by atoms with Crippen LogP contribution >= 0.6 is 0 Å². The van der Waals surface area contributed by atoms with Gasteiger partial charge in [0.15, 0.2) is 0 Å². The average Bonchev–Trinajstić information content (AvgIpc) is 2.38. The summed E-state index contributed by atoms with van der Waals surface area (Å²) in [6.45, 7) is 0. The van der Waals surface area contributed by atoms with Gasteiger partial charge in [0.25, 0.3) is 0 Å². The summed E-state index contributed by atoms with van der Waals surface area (Å²) in [7, 11) is 3.71. The summed E-state index contributed by atoms with van der Waals surface area (Å²) in [6, 6.07) is 4.45. The van der Waals surface area contributed by atoms with Gasteiger partial charge in [-0.2, -0.15) is 0 Å². The lowest BCUT2D eigenvalue weighted by Crippen LogP contribution is -2.39. The summed E-state index contributed by atoms with van der Waals surface area (Å²) in [4.78, 5) is 13.7. The molecule has 1 N–H and O–H groups in total. The van der Waals surface area contributed by atoms with Gasteiger partial charge in [0.05, 0.1) is 5.41 Å². The van der Waals surface area contributed by atoms with Crippen LogP contribution in [-0.4, -0.2) is 25.2 Å². The van der Waals surface area contributed by atoms with E-state index in [2.05, 4.69) is 0 Å². The highest BCUT2D eigenvalue weighted by Gasteiger charge is 2.43. The van der Waals surface area contributed by atoms with E-state index < -0.39 is 11.4 Å². The Labute approximate surface area is 113 Å². The highest BCUT2D eigenvalue weighted by atomic mass is 19.1. The molecule has 4 heteroatoms. The SMILES string of the molecule is CN(C)c1ccc(F)cc1C1(C(=O)O)CCCCC1. The zero-order valence-corrected chi connectivity index (χ0v) is 11.4. The van der Waals surface area contributed by atoms with Crippen molar-refractivity contribution in [3.63, 3.8) is 0 Å². The summed E-state index contributed by atoms with van der Waals surface area (Å²) in [5, 5.41) is 9.70. The van der Waals surface area contributed by atoms with Gasteiger partial charge >= 0.3 is 5.97 Å². The first-order valence-corrected chi connectivity index (χ1v) is 6.68. The van der Waals surface area contributed by atoms with Gasteiger partial charge < -0.3 is 10.0 Å². The van der Waals surface area contributed by atoms with Crippen molar-refractivity contribution in [1.29, 1.82) is 0 Å². The molecule has 0 aliphatic heterocycles. The van der Waals surface area contributed by atoms with E-state index in [9.17, 15) is 14.3 Å². The molecule has 0 unspecified atom stereocenters. The van der Waals surface area contributed by atoms with Crippen LogP contribution in [0, 0.1) is 5.82 Å². The minimum Gasteiger partial charge on any atom is -0.481 e. The van der Waals surface area contributed by atoms with E-state index in [1.54, 1.807) is 6.07 Å². The van der Waals surface area contributed by atoms with Crippen molar-refractivity contribution in [1.82, 2.24) is 0 Å². The standard InChI is InChI=1S/C15H20FNO2/c1-17(2)13-7-6-11(16)10-12(13)15(14(18)19)8-4-3-5-9-15/h6-7,10H,3-5,8-9H2,1-2H3,(H,18,19).